The van der Waals surface area contributed by atoms with Gasteiger partial charge in [0.05, 0.1) is 7.11 Å². The highest BCUT2D eigenvalue weighted by Crippen LogP contribution is 2.29. The number of aryl methyl sites for hydroxylation is 2. The van der Waals surface area contributed by atoms with Crippen molar-refractivity contribution in [1.29, 1.82) is 0 Å². The van der Waals surface area contributed by atoms with Crippen LogP contribution in [-0.4, -0.2) is 22.4 Å². The number of nitrogens with zero attached hydrogens (tertiary/aromatic N) is 2. The fourth-order valence-electron chi connectivity index (χ4n) is 3.23. The van der Waals surface area contributed by atoms with Gasteiger partial charge in [-0.3, -0.25) is 14.0 Å². The molecule has 0 fully saturated rings. The molecule has 6 nitrogen and oxygen atoms in total. The summed E-state index contributed by atoms with van der Waals surface area (Å²) in [5.41, 5.74) is 3.23. The molecule has 128 valence electrons. The molecule has 0 saturated carbocycles. The van der Waals surface area contributed by atoms with Crippen LogP contribution < -0.4 is 15.6 Å². The first-order chi connectivity index (χ1) is 12.2. The molecule has 1 aromatic carbocycles. The third-order valence-corrected chi connectivity index (χ3v) is 5.29. The summed E-state index contributed by atoms with van der Waals surface area (Å²) >= 11 is 1.35. The predicted octanol–water partition coefficient (Wildman–Crippen LogP) is 2.18. The SMILES string of the molecule is COc1cc2c(cc1CNC(=O)c1cnc3sccn3c1=O)CCC2. The second-order valence-corrected chi connectivity index (χ2v) is 6.87. The molecular weight excluding hydrogens is 338 g/mol. The van der Waals surface area contributed by atoms with Gasteiger partial charge in [-0.05, 0) is 36.5 Å². The topological polar surface area (TPSA) is 72.7 Å². The summed E-state index contributed by atoms with van der Waals surface area (Å²) in [6.07, 6.45) is 6.23. The van der Waals surface area contributed by atoms with Crippen LogP contribution in [0.3, 0.4) is 0 Å². The number of rotatable bonds is 4. The van der Waals surface area contributed by atoms with Crippen LogP contribution in [0, 0.1) is 0 Å². The van der Waals surface area contributed by atoms with Crippen LogP contribution in [0.25, 0.3) is 4.96 Å². The molecule has 1 aliphatic rings. The monoisotopic (exact) mass is 355 g/mol. The van der Waals surface area contributed by atoms with Gasteiger partial charge in [0, 0.05) is 29.9 Å². The number of hydrogen-bond acceptors (Lipinski definition) is 5. The minimum absolute atomic E-state index is 0.0380. The lowest BCUT2D eigenvalue weighted by Gasteiger charge is -2.12. The number of carbonyl (C=O) groups excluding carboxylic acids is 1. The first-order valence-electron chi connectivity index (χ1n) is 8.09. The Morgan fingerprint density at radius 1 is 1.36 bits per heavy atom. The van der Waals surface area contributed by atoms with E-state index in [9.17, 15) is 9.59 Å². The van der Waals surface area contributed by atoms with Crippen LogP contribution in [0.4, 0.5) is 0 Å². The van der Waals surface area contributed by atoms with E-state index in [0.717, 1.165) is 30.6 Å². The Morgan fingerprint density at radius 2 is 2.16 bits per heavy atom. The van der Waals surface area contributed by atoms with Crippen LogP contribution in [0.15, 0.2) is 34.7 Å². The van der Waals surface area contributed by atoms with E-state index in [0.29, 0.717) is 11.5 Å². The predicted molar refractivity (Wildman–Crippen MR) is 95.5 cm³/mol. The zero-order valence-electron chi connectivity index (χ0n) is 13.7. The Morgan fingerprint density at radius 3 is 2.96 bits per heavy atom. The van der Waals surface area contributed by atoms with Crippen molar-refractivity contribution in [2.45, 2.75) is 25.8 Å². The second kappa shape index (κ2) is 6.33. The minimum atomic E-state index is -0.430. The van der Waals surface area contributed by atoms with Gasteiger partial charge in [0.25, 0.3) is 11.5 Å². The smallest absolute Gasteiger partial charge is 0.271 e. The van der Waals surface area contributed by atoms with Crippen LogP contribution in [-0.2, 0) is 19.4 Å². The third kappa shape index (κ3) is 2.80. The fraction of sp³-hybridized carbons (Fsp3) is 0.278. The van der Waals surface area contributed by atoms with Gasteiger partial charge in [0.2, 0.25) is 0 Å². The summed E-state index contributed by atoms with van der Waals surface area (Å²) in [5, 5.41) is 4.57. The zero-order valence-corrected chi connectivity index (χ0v) is 14.6. The average Bonchev–Trinajstić information content (AvgIpc) is 3.27. The maximum absolute atomic E-state index is 12.4. The van der Waals surface area contributed by atoms with Crippen LogP contribution in [0.2, 0.25) is 0 Å². The molecule has 0 saturated heterocycles. The summed E-state index contributed by atoms with van der Waals surface area (Å²) in [5.74, 6) is 0.338. The second-order valence-electron chi connectivity index (χ2n) is 6.00. The number of carbonyl (C=O) groups is 1. The van der Waals surface area contributed by atoms with Gasteiger partial charge in [-0.2, -0.15) is 0 Å². The van der Waals surface area contributed by atoms with Gasteiger partial charge < -0.3 is 10.1 Å². The Balaban J connectivity index is 1.57. The van der Waals surface area contributed by atoms with E-state index in [1.165, 1.54) is 33.1 Å². The van der Waals surface area contributed by atoms with Gasteiger partial charge in [-0.1, -0.05) is 6.07 Å². The maximum atomic E-state index is 12.4. The lowest BCUT2D eigenvalue weighted by Crippen LogP contribution is -2.31. The lowest BCUT2D eigenvalue weighted by molar-refractivity contribution is 0.0948. The van der Waals surface area contributed by atoms with E-state index in [1.807, 2.05) is 0 Å². The Bertz CT molecular complexity index is 1020. The number of aromatic nitrogens is 2. The number of nitrogens with one attached hydrogen (secondary N) is 1. The number of fused-ring (bicyclic) bond motifs is 2. The summed E-state index contributed by atoms with van der Waals surface area (Å²) in [7, 11) is 1.63. The van der Waals surface area contributed by atoms with Crippen molar-refractivity contribution in [1.82, 2.24) is 14.7 Å². The molecule has 0 atom stereocenters. The number of amides is 1. The van der Waals surface area contributed by atoms with E-state index in [1.54, 1.807) is 18.7 Å². The molecule has 0 unspecified atom stereocenters. The number of methoxy groups -OCH3 is 1. The quantitative estimate of drug-likeness (QED) is 0.779. The molecule has 1 amide bonds. The lowest BCUT2D eigenvalue weighted by atomic mass is 10.0. The van der Waals surface area contributed by atoms with Gasteiger partial charge in [-0.25, -0.2) is 4.98 Å². The van der Waals surface area contributed by atoms with Crippen molar-refractivity contribution in [2.24, 2.45) is 0 Å². The minimum Gasteiger partial charge on any atom is -0.496 e. The number of benzene rings is 1. The van der Waals surface area contributed by atoms with E-state index in [-0.39, 0.29) is 11.1 Å². The molecule has 0 aliphatic heterocycles. The first-order valence-corrected chi connectivity index (χ1v) is 8.97. The molecular formula is C18H17N3O3S. The first kappa shape index (κ1) is 15.8. The molecule has 1 N–H and O–H groups in total. The van der Waals surface area contributed by atoms with Crippen molar-refractivity contribution in [3.8, 4) is 5.75 Å². The highest BCUT2D eigenvalue weighted by molar-refractivity contribution is 7.15. The van der Waals surface area contributed by atoms with Crippen molar-refractivity contribution < 1.29 is 9.53 Å². The zero-order chi connectivity index (χ0) is 17.4. The summed E-state index contributed by atoms with van der Waals surface area (Å²) in [6.45, 7) is 0.307. The highest BCUT2D eigenvalue weighted by Gasteiger charge is 2.17. The van der Waals surface area contributed by atoms with Gasteiger partial charge in [-0.15, -0.1) is 11.3 Å². The normalized spacial score (nSPS) is 13.0. The number of thiazole rings is 1. The maximum Gasteiger partial charge on any atom is 0.271 e. The summed E-state index contributed by atoms with van der Waals surface area (Å²) in [4.78, 5) is 29.5. The summed E-state index contributed by atoms with van der Waals surface area (Å²) in [6, 6.07) is 4.15. The van der Waals surface area contributed by atoms with Crippen molar-refractivity contribution in [3.63, 3.8) is 0 Å². The van der Waals surface area contributed by atoms with Crippen molar-refractivity contribution >= 4 is 22.2 Å². The van der Waals surface area contributed by atoms with Crippen molar-refractivity contribution in [2.75, 3.05) is 7.11 Å². The molecule has 0 spiro atoms. The van der Waals surface area contributed by atoms with E-state index < -0.39 is 5.91 Å². The van der Waals surface area contributed by atoms with Crippen LogP contribution >= 0.6 is 11.3 Å². The van der Waals surface area contributed by atoms with Gasteiger partial charge in [0.1, 0.15) is 11.3 Å². The molecule has 4 rings (SSSR count). The van der Waals surface area contributed by atoms with Crippen LogP contribution in [0.1, 0.15) is 33.5 Å². The standard InChI is InChI=1S/C18H17N3O3S/c1-24-15-8-12-4-2-3-11(12)7-13(15)9-19-16(22)14-10-20-18-21(17(14)23)5-6-25-18/h5-8,10H,2-4,9H2,1H3,(H,19,22). The van der Waals surface area contributed by atoms with E-state index in [4.69, 9.17) is 4.74 Å². The molecule has 2 aromatic heterocycles. The van der Waals surface area contributed by atoms with Crippen molar-refractivity contribution in [3.05, 3.63) is 62.5 Å². The van der Waals surface area contributed by atoms with Crippen LogP contribution in [0.5, 0.6) is 5.75 Å². The fourth-order valence-corrected chi connectivity index (χ4v) is 3.91. The van der Waals surface area contributed by atoms with Gasteiger partial charge in [0.15, 0.2) is 4.96 Å². The highest BCUT2D eigenvalue weighted by atomic mass is 32.1. The molecule has 2 heterocycles. The van der Waals surface area contributed by atoms with E-state index >= 15 is 0 Å². The third-order valence-electron chi connectivity index (χ3n) is 4.52. The van der Waals surface area contributed by atoms with Gasteiger partial charge >= 0.3 is 0 Å². The molecule has 1 aliphatic carbocycles. The Labute approximate surface area is 148 Å². The number of hydrogen-bond donors (Lipinski definition) is 1. The number of ether oxygens (including phenoxy) is 1. The summed E-state index contributed by atoms with van der Waals surface area (Å²) < 4.78 is 6.84. The average molecular weight is 355 g/mol. The van der Waals surface area contributed by atoms with E-state index in [2.05, 4.69) is 22.4 Å². The Kier molecular flexibility index (Phi) is 4.01. The molecule has 0 radical (unpaired) electrons. The molecule has 3 aromatic rings. The molecule has 7 heteroatoms. The molecule has 25 heavy (non-hydrogen) atoms. The Hall–Kier alpha value is -2.67. The largest absolute Gasteiger partial charge is 0.496 e. The molecule has 0 bridgehead atoms.